The summed E-state index contributed by atoms with van der Waals surface area (Å²) in [4.78, 5) is 11.2. The van der Waals surface area contributed by atoms with Crippen LogP contribution in [0.4, 0.5) is 0 Å². The molecule has 0 aromatic rings. The molecule has 0 bridgehead atoms. The Balaban J connectivity index is 2.56. The quantitative estimate of drug-likeness (QED) is 0.728. The van der Waals surface area contributed by atoms with Gasteiger partial charge in [0.1, 0.15) is 5.78 Å². The molecule has 0 spiro atoms. The Kier molecular flexibility index (Phi) is 4.28. The van der Waals surface area contributed by atoms with Crippen LogP contribution in [0.5, 0.6) is 0 Å². The summed E-state index contributed by atoms with van der Waals surface area (Å²) in [5.41, 5.74) is 0. The summed E-state index contributed by atoms with van der Waals surface area (Å²) in [6.07, 6.45) is 1.85. The lowest BCUT2D eigenvalue weighted by Gasteiger charge is -2.25. The van der Waals surface area contributed by atoms with Gasteiger partial charge in [-0.3, -0.25) is 4.79 Å². The van der Waals surface area contributed by atoms with Gasteiger partial charge in [-0.1, -0.05) is 13.8 Å². The van der Waals surface area contributed by atoms with Gasteiger partial charge in [-0.05, 0) is 18.8 Å². The maximum absolute atomic E-state index is 11.8. The van der Waals surface area contributed by atoms with Crippen molar-refractivity contribution in [3.05, 3.63) is 0 Å². The van der Waals surface area contributed by atoms with Gasteiger partial charge < -0.3 is 0 Å². The highest BCUT2D eigenvalue weighted by molar-refractivity contribution is 7.89. The summed E-state index contributed by atoms with van der Waals surface area (Å²) < 4.78 is 25.0. The van der Waals surface area contributed by atoms with Gasteiger partial charge in [-0.2, -0.15) is 4.31 Å². The second-order valence-electron chi connectivity index (χ2n) is 4.47. The third kappa shape index (κ3) is 3.91. The molecule has 1 aliphatic rings. The van der Waals surface area contributed by atoms with Crippen molar-refractivity contribution in [2.45, 2.75) is 33.1 Å². The summed E-state index contributed by atoms with van der Waals surface area (Å²) in [5, 5.41) is 0. The number of rotatable bonds is 4. The maximum atomic E-state index is 11.8. The van der Waals surface area contributed by atoms with E-state index >= 15 is 0 Å². The predicted octanol–water partition coefficient (Wildman–Crippen LogP) is 1.03. The van der Waals surface area contributed by atoms with Crippen LogP contribution < -0.4 is 0 Å². The first-order chi connectivity index (χ1) is 6.92. The average molecular weight is 233 g/mol. The molecule has 0 unspecified atom stereocenters. The zero-order valence-electron chi connectivity index (χ0n) is 9.40. The van der Waals surface area contributed by atoms with Crippen LogP contribution >= 0.6 is 0 Å². The predicted molar refractivity (Wildman–Crippen MR) is 59.1 cm³/mol. The molecule has 15 heavy (non-hydrogen) atoms. The maximum Gasteiger partial charge on any atom is 0.214 e. The van der Waals surface area contributed by atoms with Gasteiger partial charge in [0, 0.05) is 13.0 Å². The van der Waals surface area contributed by atoms with Crippen LogP contribution in [0.3, 0.4) is 0 Å². The van der Waals surface area contributed by atoms with Gasteiger partial charge in [0.05, 0.1) is 12.3 Å². The van der Waals surface area contributed by atoms with E-state index in [1.165, 1.54) is 4.31 Å². The highest BCUT2D eigenvalue weighted by Gasteiger charge is 2.27. The monoisotopic (exact) mass is 233 g/mol. The Labute approximate surface area is 91.7 Å². The molecule has 0 amide bonds. The molecule has 5 heteroatoms. The van der Waals surface area contributed by atoms with Crippen LogP contribution in [0.2, 0.25) is 0 Å². The fourth-order valence-corrected chi connectivity index (χ4v) is 3.33. The molecular weight excluding hydrogens is 214 g/mol. The summed E-state index contributed by atoms with van der Waals surface area (Å²) >= 11 is 0. The largest absolute Gasteiger partial charge is 0.298 e. The first-order valence-electron chi connectivity index (χ1n) is 5.41. The van der Waals surface area contributed by atoms with Crippen molar-refractivity contribution < 1.29 is 13.2 Å². The SMILES string of the molecule is CC(C)CCS(=O)(=O)N1CCCC(=O)C1. The number of carbonyl (C=O) groups excluding carboxylic acids is 1. The Morgan fingerprint density at radius 1 is 1.40 bits per heavy atom. The molecular formula is C10H19NO3S. The lowest BCUT2D eigenvalue weighted by molar-refractivity contribution is -0.120. The minimum absolute atomic E-state index is 0.0365. The van der Waals surface area contributed by atoms with E-state index in [0.29, 0.717) is 31.7 Å². The Morgan fingerprint density at radius 3 is 2.60 bits per heavy atom. The minimum atomic E-state index is -3.20. The standard InChI is InChI=1S/C10H19NO3S/c1-9(2)5-7-15(13,14)11-6-3-4-10(12)8-11/h9H,3-8H2,1-2H3. The van der Waals surface area contributed by atoms with Crippen LogP contribution in [-0.2, 0) is 14.8 Å². The van der Waals surface area contributed by atoms with Crippen molar-refractivity contribution >= 4 is 15.8 Å². The molecule has 0 aromatic carbocycles. The number of Topliss-reactive ketones (excluding diaryl/α,β-unsaturated/α-hetero) is 1. The van der Waals surface area contributed by atoms with Crippen molar-refractivity contribution in [1.82, 2.24) is 4.31 Å². The van der Waals surface area contributed by atoms with E-state index in [-0.39, 0.29) is 18.1 Å². The number of hydrogen-bond donors (Lipinski definition) is 0. The first-order valence-corrected chi connectivity index (χ1v) is 7.02. The topological polar surface area (TPSA) is 54.5 Å². The summed E-state index contributed by atoms with van der Waals surface area (Å²) in [6.45, 7) is 4.58. The second kappa shape index (κ2) is 5.07. The van der Waals surface area contributed by atoms with Crippen LogP contribution in [0.25, 0.3) is 0 Å². The Morgan fingerprint density at radius 2 is 2.07 bits per heavy atom. The van der Waals surface area contributed by atoms with Crippen molar-refractivity contribution in [2.75, 3.05) is 18.8 Å². The molecule has 1 fully saturated rings. The van der Waals surface area contributed by atoms with Crippen molar-refractivity contribution in [3.63, 3.8) is 0 Å². The fraction of sp³-hybridized carbons (Fsp3) is 0.900. The average Bonchev–Trinajstić information content (AvgIpc) is 2.15. The van der Waals surface area contributed by atoms with Gasteiger partial charge in [-0.15, -0.1) is 0 Å². The Bertz CT molecular complexity index is 322. The van der Waals surface area contributed by atoms with Gasteiger partial charge in [-0.25, -0.2) is 8.42 Å². The van der Waals surface area contributed by atoms with E-state index in [1.54, 1.807) is 0 Å². The summed E-state index contributed by atoms with van der Waals surface area (Å²) in [6, 6.07) is 0. The molecule has 0 aliphatic carbocycles. The number of carbonyl (C=O) groups is 1. The third-order valence-electron chi connectivity index (χ3n) is 2.56. The smallest absolute Gasteiger partial charge is 0.214 e. The number of nitrogens with zero attached hydrogens (tertiary/aromatic N) is 1. The highest BCUT2D eigenvalue weighted by Crippen LogP contribution is 2.13. The second-order valence-corrected chi connectivity index (χ2v) is 6.56. The summed E-state index contributed by atoms with van der Waals surface area (Å²) in [5.74, 6) is 0.576. The molecule has 0 saturated carbocycles. The fourth-order valence-electron chi connectivity index (χ4n) is 1.56. The van der Waals surface area contributed by atoms with E-state index in [4.69, 9.17) is 0 Å². The van der Waals surface area contributed by atoms with E-state index in [0.717, 1.165) is 0 Å². The lowest BCUT2D eigenvalue weighted by atomic mass is 10.1. The first kappa shape index (κ1) is 12.6. The molecule has 1 rings (SSSR count). The number of piperidine rings is 1. The Hall–Kier alpha value is -0.420. The van der Waals surface area contributed by atoms with Gasteiger partial charge >= 0.3 is 0 Å². The molecule has 0 N–H and O–H groups in total. The van der Waals surface area contributed by atoms with Crippen LogP contribution in [0, 0.1) is 5.92 Å². The lowest BCUT2D eigenvalue weighted by Crippen LogP contribution is -2.41. The third-order valence-corrected chi connectivity index (χ3v) is 4.41. The van der Waals surface area contributed by atoms with E-state index in [1.807, 2.05) is 13.8 Å². The van der Waals surface area contributed by atoms with Crippen molar-refractivity contribution in [3.8, 4) is 0 Å². The molecule has 88 valence electrons. The van der Waals surface area contributed by atoms with Crippen LogP contribution in [0.1, 0.15) is 33.1 Å². The zero-order chi connectivity index (χ0) is 11.5. The molecule has 1 aliphatic heterocycles. The summed E-state index contributed by atoms with van der Waals surface area (Å²) in [7, 11) is -3.20. The molecule has 0 aromatic heterocycles. The molecule has 1 heterocycles. The van der Waals surface area contributed by atoms with Crippen molar-refractivity contribution in [1.29, 1.82) is 0 Å². The molecule has 4 nitrogen and oxygen atoms in total. The van der Waals surface area contributed by atoms with Crippen molar-refractivity contribution in [2.24, 2.45) is 5.92 Å². The van der Waals surface area contributed by atoms with Gasteiger partial charge in [0.25, 0.3) is 0 Å². The minimum Gasteiger partial charge on any atom is -0.298 e. The van der Waals surface area contributed by atoms with E-state index in [2.05, 4.69) is 0 Å². The highest BCUT2D eigenvalue weighted by atomic mass is 32.2. The van der Waals surface area contributed by atoms with Gasteiger partial charge in [0.15, 0.2) is 0 Å². The number of sulfonamides is 1. The zero-order valence-corrected chi connectivity index (χ0v) is 10.2. The van der Waals surface area contributed by atoms with E-state index < -0.39 is 10.0 Å². The van der Waals surface area contributed by atoms with Gasteiger partial charge in [0.2, 0.25) is 10.0 Å². The number of hydrogen-bond acceptors (Lipinski definition) is 3. The van der Waals surface area contributed by atoms with E-state index in [9.17, 15) is 13.2 Å². The normalized spacial score (nSPS) is 19.8. The van der Waals surface area contributed by atoms with Crippen LogP contribution in [-0.4, -0.2) is 37.3 Å². The number of ketones is 1. The molecule has 1 saturated heterocycles. The van der Waals surface area contributed by atoms with Crippen LogP contribution in [0.15, 0.2) is 0 Å². The molecule has 0 atom stereocenters. The molecule has 0 radical (unpaired) electrons.